The molecule has 0 radical (unpaired) electrons. The van der Waals surface area contributed by atoms with Crippen LogP contribution in [0, 0.1) is 12.8 Å². The molecule has 1 atom stereocenters. The van der Waals surface area contributed by atoms with Gasteiger partial charge in [0.25, 0.3) is 5.91 Å². The standard InChI is InChI=1S/C21H23N3O2/c1-14-18-13-17(7-8-19(18)24-23-14)21(25)22-20(15-5-3-2-4-6-15)16-9-11-26-12-10-16/h2-8,13,16,20H,9-12H2,1H3,(H,22,25)(H,23,24). The minimum Gasteiger partial charge on any atom is -0.381 e. The monoisotopic (exact) mass is 349 g/mol. The van der Waals surface area contributed by atoms with Gasteiger partial charge in [-0.25, -0.2) is 0 Å². The SMILES string of the molecule is Cc1[nH]nc2ccc(C(=O)NC(c3ccccc3)C3CCOCC3)cc12. The Balaban J connectivity index is 1.61. The third kappa shape index (κ3) is 3.35. The molecule has 4 rings (SSSR count). The molecule has 1 amide bonds. The minimum atomic E-state index is -0.0483. The fraction of sp³-hybridized carbons (Fsp3) is 0.333. The predicted octanol–water partition coefficient (Wildman–Crippen LogP) is 3.77. The summed E-state index contributed by atoms with van der Waals surface area (Å²) in [6.45, 7) is 3.47. The molecule has 1 aromatic heterocycles. The maximum absolute atomic E-state index is 13.0. The topological polar surface area (TPSA) is 67.0 Å². The predicted molar refractivity (Wildman–Crippen MR) is 101 cm³/mol. The van der Waals surface area contributed by atoms with Gasteiger partial charge in [-0.2, -0.15) is 5.10 Å². The second-order valence-corrected chi connectivity index (χ2v) is 6.89. The van der Waals surface area contributed by atoms with Gasteiger partial charge in [0.2, 0.25) is 0 Å². The number of hydrogen-bond donors (Lipinski definition) is 2. The molecule has 1 aliphatic rings. The molecule has 26 heavy (non-hydrogen) atoms. The van der Waals surface area contributed by atoms with Crippen molar-refractivity contribution in [2.75, 3.05) is 13.2 Å². The Morgan fingerprint density at radius 1 is 1.19 bits per heavy atom. The molecule has 1 fully saturated rings. The number of rotatable bonds is 4. The molecule has 0 aliphatic carbocycles. The maximum Gasteiger partial charge on any atom is 0.251 e. The number of fused-ring (bicyclic) bond motifs is 1. The highest BCUT2D eigenvalue weighted by molar-refractivity contribution is 5.98. The second kappa shape index (κ2) is 7.30. The van der Waals surface area contributed by atoms with Crippen LogP contribution in [0.25, 0.3) is 10.9 Å². The van der Waals surface area contributed by atoms with Crippen LogP contribution in [0.4, 0.5) is 0 Å². The molecule has 1 unspecified atom stereocenters. The van der Waals surface area contributed by atoms with Crippen molar-refractivity contribution in [2.24, 2.45) is 5.92 Å². The average Bonchev–Trinajstić information content (AvgIpc) is 3.07. The van der Waals surface area contributed by atoms with E-state index in [0.29, 0.717) is 11.5 Å². The number of aromatic amines is 1. The summed E-state index contributed by atoms with van der Waals surface area (Å²) >= 11 is 0. The van der Waals surface area contributed by atoms with E-state index in [-0.39, 0.29) is 11.9 Å². The first kappa shape index (κ1) is 16.8. The Morgan fingerprint density at radius 2 is 1.96 bits per heavy atom. The third-order valence-corrected chi connectivity index (χ3v) is 5.19. The number of hydrogen-bond acceptors (Lipinski definition) is 3. The van der Waals surface area contributed by atoms with Crippen molar-refractivity contribution in [1.29, 1.82) is 0 Å². The Hall–Kier alpha value is -2.66. The van der Waals surface area contributed by atoms with Crippen LogP contribution in [0.5, 0.6) is 0 Å². The highest BCUT2D eigenvalue weighted by Crippen LogP contribution is 2.30. The molecule has 0 spiro atoms. The van der Waals surface area contributed by atoms with E-state index in [9.17, 15) is 4.79 Å². The minimum absolute atomic E-state index is 0.00579. The Labute approximate surface area is 152 Å². The molecule has 1 aliphatic heterocycles. The highest BCUT2D eigenvalue weighted by Gasteiger charge is 2.27. The van der Waals surface area contributed by atoms with Crippen LogP contribution in [-0.4, -0.2) is 29.3 Å². The van der Waals surface area contributed by atoms with Crippen molar-refractivity contribution in [3.05, 3.63) is 65.4 Å². The largest absolute Gasteiger partial charge is 0.381 e. The smallest absolute Gasteiger partial charge is 0.251 e. The number of nitrogens with one attached hydrogen (secondary N) is 2. The summed E-state index contributed by atoms with van der Waals surface area (Å²) in [5.41, 5.74) is 3.66. The van der Waals surface area contributed by atoms with Gasteiger partial charge in [-0.05, 0) is 49.4 Å². The Morgan fingerprint density at radius 3 is 2.73 bits per heavy atom. The van der Waals surface area contributed by atoms with Gasteiger partial charge in [-0.15, -0.1) is 0 Å². The van der Waals surface area contributed by atoms with Crippen LogP contribution in [0.2, 0.25) is 0 Å². The van der Waals surface area contributed by atoms with Crippen LogP contribution in [0.3, 0.4) is 0 Å². The Kier molecular flexibility index (Phi) is 4.71. The number of carbonyl (C=O) groups excluding carboxylic acids is 1. The first-order chi connectivity index (χ1) is 12.7. The number of aryl methyl sites for hydroxylation is 1. The molecule has 2 aromatic carbocycles. The van der Waals surface area contributed by atoms with Gasteiger partial charge in [0, 0.05) is 29.9 Å². The zero-order valence-electron chi connectivity index (χ0n) is 14.9. The van der Waals surface area contributed by atoms with Gasteiger partial charge in [-0.3, -0.25) is 9.89 Å². The molecule has 0 saturated carbocycles. The maximum atomic E-state index is 13.0. The molecular formula is C21H23N3O2. The molecule has 2 N–H and O–H groups in total. The quantitative estimate of drug-likeness (QED) is 0.753. The van der Waals surface area contributed by atoms with Gasteiger partial charge in [0.15, 0.2) is 0 Å². The van der Waals surface area contributed by atoms with Crippen LogP contribution >= 0.6 is 0 Å². The first-order valence-electron chi connectivity index (χ1n) is 9.10. The summed E-state index contributed by atoms with van der Waals surface area (Å²) in [5, 5.41) is 11.5. The third-order valence-electron chi connectivity index (χ3n) is 5.19. The normalized spacial score (nSPS) is 16.5. The number of H-pyrrole nitrogens is 1. The van der Waals surface area contributed by atoms with Gasteiger partial charge >= 0.3 is 0 Å². The van der Waals surface area contributed by atoms with Crippen molar-refractivity contribution < 1.29 is 9.53 Å². The number of nitrogens with zero attached hydrogens (tertiary/aromatic N) is 1. The first-order valence-corrected chi connectivity index (χ1v) is 9.10. The molecule has 1 saturated heterocycles. The molecule has 2 heterocycles. The lowest BCUT2D eigenvalue weighted by Gasteiger charge is -2.31. The van der Waals surface area contributed by atoms with E-state index in [1.54, 1.807) is 0 Å². The van der Waals surface area contributed by atoms with Gasteiger partial charge in [-0.1, -0.05) is 30.3 Å². The van der Waals surface area contributed by atoms with Gasteiger partial charge in [0.1, 0.15) is 0 Å². The molecule has 3 aromatic rings. The lowest BCUT2D eigenvalue weighted by molar-refractivity contribution is 0.0514. The van der Waals surface area contributed by atoms with E-state index in [1.165, 1.54) is 0 Å². The van der Waals surface area contributed by atoms with Crippen molar-refractivity contribution in [3.8, 4) is 0 Å². The van der Waals surface area contributed by atoms with Crippen LogP contribution in [0.1, 0.15) is 40.5 Å². The van der Waals surface area contributed by atoms with E-state index in [4.69, 9.17) is 4.74 Å². The molecule has 0 bridgehead atoms. The van der Waals surface area contributed by atoms with Gasteiger partial charge < -0.3 is 10.1 Å². The summed E-state index contributed by atoms with van der Waals surface area (Å²) in [6.07, 6.45) is 1.92. The number of carbonyl (C=O) groups is 1. The molecule has 134 valence electrons. The van der Waals surface area contributed by atoms with Crippen molar-refractivity contribution >= 4 is 16.8 Å². The number of aromatic nitrogens is 2. The van der Waals surface area contributed by atoms with Crippen molar-refractivity contribution in [2.45, 2.75) is 25.8 Å². The number of amides is 1. The summed E-state index contributed by atoms with van der Waals surface area (Å²) in [4.78, 5) is 13.0. The summed E-state index contributed by atoms with van der Waals surface area (Å²) in [5.74, 6) is 0.335. The summed E-state index contributed by atoms with van der Waals surface area (Å²) in [7, 11) is 0. The fourth-order valence-corrected chi connectivity index (χ4v) is 3.69. The van der Waals surface area contributed by atoms with Crippen LogP contribution in [-0.2, 0) is 4.74 Å². The molecule has 5 nitrogen and oxygen atoms in total. The van der Waals surface area contributed by atoms with E-state index in [1.807, 2.05) is 43.3 Å². The average molecular weight is 349 g/mol. The zero-order valence-corrected chi connectivity index (χ0v) is 14.9. The van der Waals surface area contributed by atoms with E-state index < -0.39 is 0 Å². The van der Waals surface area contributed by atoms with E-state index in [0.717, 1.165) is 48.2 Å². The van der Waals surface area contributed by atoms with Crippen molar-refractivity contribution in [1.82, 2.24) is 15.5 Å². The van der Waals surface area contributed by atoms with E-state index >= 15 is 0 Å². The molecular weight excluding hydrogens is 326 g/mol. The van der Waals surface area contributed by atoms with Crippen LogP contribution < -0.4 is 5.32 Å². The lowest BCUT2D eigenvalue weighted by atomic mass is 9.87. The highest BCUT2D eigenvalue weighted by atomic mass is 16.5. The number of benzene rings is 2. The summed E-state index contributed by atoms with van der Waals surface area (Å²) < 4.78 is 5.50. The zero-order chi connectivity index (χ0) is 17.9. The van der Waals surface area contributed by atoms with Gasteiger partial charge in [0.05, 0.1) is 11.6 Å². The Bertz CT molecular complexity index is 898. The fourth-order valence-electron chi connectivity index (χ4n) is 3.69. The number of ether oxygens (including phenoxy) is 1. The second-order valence-electron chi connectivity index (χ2n) is 6.89. The molecule has 5 heteroatoms. The van der Waals surface area contributed by atoms with Crippen LogP contribution in [0.15, 0.2) is 48.5 Å². The summed E-state index contributed by atoms with van der Waals surface area (Å²) in [6, 6.07) is 15.9. The van der Waals surface area contributed by atoms with Crippen molar-refractivity contribution in [3.63, 3.8) is 0 Å². The van der Waals surface area contributed by atoms with E-state index in [2.05, 4.69) is 27.6 Å². The lowest BCUT2D eigenvalue weighted by Crippen LogP contribution is -2.36.